The third-order valence-corrected chi connectivity index (χ3v) is 6.05. The smallest absolute Gasteiger partial charge is 0.273 e. The molecule has 6 nitrogen and oxygen atoms in total. The third kappa shape index (κ3) is 3.48. The van der Waals surface area contributed by atoms with Crippen LogP contribution >= 0.6 is 0 Å². The third-order valence-electron chi connectivity index (χ3n) is 6.05. The molecule has 2 atom stereocenters. The molecule has 0 spiro atoms. The van der Waals surface area contributed by atoms with Crippen molar-refractivity contribution in [3.05, 3.63) is 53.4 Å². The van der Waals surface area contributed by atoms with Gasteiger partial charge in [-0.2, -0.15) is 0 Å². The molecule has 1 aromatic heterocycles. The summed E-state index contributed by atoms with van der Waals surface area (Å²) in [5.41, 5.74) is 1.42. The molecular formula is C21H25N3O3. The zero-order valence-electron chi connectivity index (χ0n) is 15.6. The van der Waals surface area contributed by atoms with E-state index in [4.69, 9.17) is 4.52 Å². The molecule has 6 heteroatoms. The van der Waals surface area contributed by atoms with Gasteiger partial charge in [0.15, 0.2) is 5.69 Å². The summed E-state index contributed by atoms with van der Waals surface area (Å²) in [5.74, 6) is 0.632. The Morgan fingerprint density at radius 1 is 1.33 bits per heavy atom. The first-order chi connectivity index (χ1) is 13.1. The first-order valence-corrected chi connectivity index (χ1v) is 9.62. The molecule has 2 aromatic rings. The van der Waals surface area contributed by atoms with Crippen LogP contribution in [0.4, 0.5) is 0 Å². The summed E-state index contributed by atoms with van der Waals surface area (Å²) in [6.07, 6.45) is 4.50. The maximum atomic E-state index is 12.7. The molecule has 2 amide bonds. The molecule has 27 heavy (non-hydrogen) atoms. The standard InChI is InChI=1S/C21H25N3O3/c1-15-12-17(23-27-15)20(26)22-14-21-10-5-8-18(21)24(19(25)9-11-21)13-16-6-3-2-4-7-16/h2-4,6-7,12,18H,5,8-11,13-14H2,1H3,(H,22,26). The fraction of sp³-hybridized carbons (Fsp3) is 0.476. The maximum absolute atomic E-state index is 12.7. The Bertz CT molecular complexity index is 832. The Morgan fingerprint density at radius 3 is 2.89 bits per heavy atom. The Morgan fingerprint density at radius 2 is 2.15 bits per heavy atom. The van der Waals surface area contributed by atoms with Gasteiger partial charge in [-0.05, 0) is 31.7 Å². The first kappa shape index (κ1) is 17.8. The highest BCUT2D eigenvalue weighted by molar-refractivity contribution is 5.92. The molecule has 1 saturated carbocycles. The second-order valence-electron chi connectivity index (χ2n) is 7.78. The number of aromatic nitrogens is 1. The average Bonchev–Trinajstić information content (AvgIpc) is 3.30. The van der Waals surface area contributed by atoms with Crippen molar-refractivity contribution < 1.29 is 14.1 Å². The number of carbonyl (C=O) groups is 2. The van der Waals surface area contributed by atoms with Gasteiger partial charge >= 0.3 is 0 Å². The van der Waals surface area contributed by atoms with E-state index in [0.717, 1.165) is 31.2 Å². The highest BCUT2D eigenvalue weighted by Crippen LogP contribution is 2.48. The highest BCUT2D eigenvalue weighted by atomic mass is 16.5. The van der Waals surface area contributed by atoms with Crippen LogP contribution in [0.1, 0.15) is 53.9 Å². The molecule has 1 N–H and O–H groups in total. The normalized spacial score (nSPS) is 24.7. The van der Waals surface area contributed by atoms with E-state index in [1.54, 1.807) is 13.0 Å². The summed E-state index contributed by atoms with van der Waals surface area (Å²) in [7, 11) is 0. The van der Waals surface area contributed by atoms with E-state index in [1.165, 1.54) is 0 Å². The summed E-state index contributed by atoms with van der Waals surface area (Å²) in [6, 6.07) is 11.9. The number of benzene rings is 1. The van der Waals surface area contributed by atoms with Crippen molar-refractivity contribution in [2.75, 3.05) is 6.54 Å². The second kappa shape index (κ2) is 7.18. The molecule has 4 rings (SSSR count). The van der Waals surface area contributed by atoms with Gasteiger partial charge in [-0.25, -0.2) is 0 Å². The van der Waals surface area contributed by atoms with E-state index >= 15 is 0 Å². The number of fused-ring (bicyclic) bond motifs is 1. The number of amides is 2. The minimum absolute atomic E-state index is 0.0445. The van der Waals surface area contributed by atoms with Gasteiger partial charge in [0.25, 0.3) is 5.91 Å². The molecule has 142 valence electrons. The van der Waals surface area contributed by atoms with Crippen molar-refractivity contribution in [2.24, 2.45) is 5.41 Å². The van der Waals surface area contributed by atoms with E-state index in [9.17, 15) is 9.59 Å². The minimum Gasteiger partial charge on any atom is -0.361 e. The highest BCUT2D eigenvalue weighted by Gasteiger charge is 2.50. The molecule has 1 aromatic carbocycles. The van der Waals surface area contributed by atoms with Crippen LogP contribution in [-0.2, 0) is 11.3 Å². The lowest BCUT2D eigenvalue weighted by atomic mass is 9.74. The number of likely N-dealkylation sites (tertiary alicyclic amines) is 1. The summed E-state index contributed by atoms with van der Waals surface area (Å²) < 4.78 is 5.00. The number of aryl methyl sites for hydroxylation is 1. The number of nitrogens with zero attached hydrogens (tertiary/aromatic N) is 2. The van der Waals surface area contributed by atoms with Crippen LogP contribution in [0.3, 0.4) is 0 Å². The number of rotatable bonds is 5. The molecule has 2 heterocycles. The number of piperidine rings is 1. The zero-order chi connectivity index (χ0) is 18.9. The Hall–Kier alpha value is -2.63. The van der Waals surface area contributed by atoms with Gasteiger partial charge in [0.05, 0.1) is 0 Å². The summed E-state index contributed by atoms with van der Waals surface area (Å²) in [6.45, 7) is 2.98. The fourth-order valence-electron chi connectivity index (χ4n) is 4.66. The predicted molar refractivity (Wildman–Crippen MR) is 99.9 cm³/mol. The molecule has 1 aliphatic heterocycles. The Labute approximate surface area is 158 Å². The van der Waals surface area contributed by atoms with Crippen molar-refractivity contribution in [3.63, 3.8) is 0 Å². The van der Waals surface area contributed by atoms with Crippen molar-refractivity contribution in [1.29, 1.82) is 0 Å². The summed E-state index contributed by atoms with van der Waals surface area (Å²) >= 11 is 0. The number of hydrogen-bond acceptors (Lipinski definition) is 4. The SMILES string of the molecule is Cc1cc(C(=O)NCC23CCCC2N(Cc2ccccc2)C(=O)CC3)no1. The molecule has 0 radical (unpaired) electrons. The van der Waals surface area contributed by atoms with Crippen molar-refractivity contribution >= 4 is 11.8 Å². The lowest BCUT2D eigenvalue weighted by Crippen LogP contribution is -2.55. The summed E-state index contributed by atoms with van der Waals surface area (Å²) in [5, 5.41) is 6.84. The van der Waals surface area contributed by atoms with E-state index in [-0.39, 0.29) is 23.3 Å². The summed E-state index contributed by atoms with van der Waals surface area (Å²) in [4.78, 5) is 27.1. The van der Waals surface area contributed by atoms with Gasteiger partial charge in [-0.3, -0.25) is 9.59 Å². The van der Waals surface area contributed by atoms with E-state index in [2.05, 4.69) is 22.6 Å². The van der Waals surface area contributed by atoms with Crippen LogP contribution in [0.15, 0.2) is 40.9 Å². The lowest BCUT2D eigenvalue weighted by molar-refractivity contribution is -0.142. The fourth-order valence-corrected chi connectivity index (χ4v) is 4.66. The maximum Gasteiger partial charge on any atom is 0.273 e. The van der Waals surface area contributed by atoms with Gasteiger partial charge in [0.1, 0.15) is 5.76 Å². The average molecular weight is 367 g/mol. The van der Waals surface area contributed by atoms with Crippen LogP contribution in [-0.4, -0.2) is 34.5 Å². The Kier molecular flexibility index (Phi) is 4.72. The molecule has 0 bridgehead atoms. The van der Waals surface area contributed by atoms with Gasteiger partial charge in [-0.15, -0.1) is 0 Å². The monoisotopic (exact) mass is 367 g/mol. The molecule has 2 fully saturated rings. The zero-order valence-corrected chi connectivity index (χ0v) is 15.6. The van der Waals surface area contributed by atoms with Crippen molar-refractivity contribution in [2.45, 2.75) is 51.6 Å². The molecular weight excluding hydrogens is 342 g/mol. The Balaban J connectivity index is 1.49. The molecule has 2 aliphatic rings. The quantitative estimate of drug-likeness (QED) is 0.881. The largest absolute Gasteiger partial charge is 0.361 e. The van der Waals surface area contributed by atoms with Crippen LogP contribution in [0.5, 0.6) is 0 Å². The van der Waals surface area contributed by atoms with Gasteiger partial charge in [0, 0.05) is 37.0 Å². The van der Waals surface area contributed by atoms with E-state index in [0.29, 0.717) is 31.0 Å². The first-order valence-electron chi connectivity index (χ1n) is 9.62. The van der Waals surface area contributed by atoms with Crippen LogP contribution in [0.25, 0.3) is 0 Å². The second-order valence-corrected chi connectivity index (χ2v) is 7.78. The molecule has 1 aliphatic carbocycles. The predicted octanol–water partition coefficient (Wildman–Crippen LogP) is 3.07. The van der Waals surface area contributed by atoms with Crippen molar-refractivity contribution in [3.8, 4) is 0 Å². The van der Waals surface area contributed by atoms with Crippen LogP contribution in [0.2, 0.25) is 0 Å². The molecule has 1 saturated heterocycles. The van der Waals surface area contributed by atoms with Gasteiger partial charge in [-0.1, -0.05) is 41.9 Å². The van der Waals surface area contributed by atoms with Crippen LogP contribution in [0, 0.1) is 12.3 Å². The number of hydrogen-bond donors (Lipinski definition) is 1. The number of nitrogens with one attached hydrogen (secondary N) is 1. The van der Waals surface area contributed by atoms with Gasteiger partial charge in [0.2, 0.25) is 5.91 Å². The van der Waals surface area contributed by atoms with Crippen LogP contribution < -0.4 is 5.32 Å². The molecule has 2 unspecified atom stereocenters. The van der Waals surface area contributed by atoms with Gasteiger partial charge < -0.3 is 14.7 Å². The topological polar surface area (TPSA) is 75.4 Å². The van der Waals surface area contributed by atoms with Crippen molar-refractivity contribution in [1.82, 2.24) is 15.4 Å². The minimum atomic E-state index is -0.210. The van der Waals surface area contributed by atoms with E-state index in [1.807, 2.05) is 23.1 Å². The number of carbonyl (C=O) groups excluding carboxylic acids is 2. The lowest BCUT2D eigenvalue weighted by Gasteiger charge is -2.46. The van der Waals surface area contributed by atoms with E-state index < -0.39 is 0 Å².